The molecule has 0 spiro atoms. The minimum absolute atomic E-state index is 0.129. The van der Waals surface area contributed by atoms with Crippen molar-refractivity contribution in [2.24, 2.45) is 0 Å². The molecule has 0 radical (unpaired) electrons. The lowest BCUT2D eigenvalue weighted by atomic mass is 9.92. The van der Waals surface area contributed by atoms with Crippen molar-refractivity contribution < 1.29 is 9.21 Å². The van der Waals surface area contributed by atoms with Gasteiger partial charge in [-0.25, -0.2) is 9.97 Å². The largest absolute Gasteiger partial charge is 0.461 e. The summed E-state index contributed by atoms with van der Waals surface area (Å²) in [7, 11) is 0. The van der Waals surface area contributed by atoms with E-state index < -0.39 is 0 Å². The highest BCUT2D eigenvalue weighted by molar-refractivity contribution is 5.90. The van der Waals surface area contributed by atoms with Crippen molar-refractivity contribution >= 4 is 11.7 Å². The molecule has 0 aliphatic heterocycles. The van der Waals surface area contributed by atoms with Crippen molar-refractivity contribution in [3.05, 3.63) is 78.4 Å². The summed E-state index contributed by atoms with van der Waals surface area (Å²) in [4.78, 5) is 21.2. The van der Waals surface area contributed by atoms with Gasteiger partial charge in [-0.05, 0) is 18.2 Å². The van der Waals surface area contributed by atoms with E-state index in [9.17, 15) is 4.79 Å². The second-order valence-corrected chi connectivity index (χ2v) is 8.31. The summed E-state index contributed by atoms with van der Waals surface area (Å²) in [6.07, 6.45) is 4.08. The van der Waals surface area contributed by atoms with Gasteiger partial charge in [0.2, 0.25) is 5.91 Å². The Balaban J connectivity index is 1.46. The molecule has 7 nitrogen and oxygen atoms in total. The Morgan fingerprint density at radius 2 is 1.77 bits per heavy atom. The lowest BCUT2D eigenvalue weighted by Gasteiger charge is -2.13. The van der Waals surface area contributed by atoms with Gasteiger partial charge in [0.05, 0.1) is 5.69 Å². The molecule has 4 rings (SSSR count). The number of nitrogens with one attached hydrogen (secondary N) is 1. The normalized spacial score (nSPS) is 11.5. The Labute approximate surface area is 181 Å². The summed E-state index contributed by atoms with van der Waals surface area (Å²) in [6, 6.07) is 17.3. The zero-order valence-electron chi connectivity index (χ0n) is 17.9. The third kappa shape index (κ3) is 4.88. The van der Waals surface area contributed by atoms with E-state index >= 15 is 0 Å². The number of amides is 1. The number of benzene rings is 1. The number of hydrogen-bond donors (Lipinski definition) is 1. The molecule has 4 aromatic rings. The fourth-order valence-electron chi connectivity index (χ4n) is 3.10. The van der Waals surface area contributed by atoms with Crippen LogP contribution in [0.15, 0.2) is 71.4 Å². The number of carbonyl (C=O) groups is 1. The first-order valence-electron chi connectivity index (χ1n) is 10.2. The predicted octanol–water partition coefficient (Wildman–Crippen LogP) is 4.79. The number of furan rings is 1. The standard InChI is InChI=1S/C24H25N5O2/c1-24(2,3)20-16-21(29(28-20)23-25-14-7-15-26-23)27-22(30)13-11-18-10-12-19(31-18)17-8-5-4-6-9-17/h4-10,12,14-16H,11,13H2,1-3H3,(H,27,30). The molecule has 7 heteroatoms. The lowest BCUT2D eigenvalue weighted by molar-refractivity contribution is -0.116. The van der Waals surface area contributed by atoms with Crippen molar-refractivity contribution in [2.45, 2.75) is 39.0 Å². The number of aromatic nitrogens is 4. The van der Waals surface area contributed by atoms with Crippen LogP contribution in [0.1, 0.15) is 38.6 Å². The van der Waals surface area contributed by atoms with E-state index in [0.717, 1.165) is 22.8 Å². The highest BCUT2D eigenvalue weighted by Crippen LogP contribution is 2.26. The second kappa shape index (κ2) is 8.55. The van der Waals surface area contributed by atoms with Crippen molar-refractivity contribution in [2.75, 3.05) is 5.32 Å². The molecular formula is C24H25N5O2. The van der Waals surface area contributed by atoms with E-state index in [-0.39, 0.29) is 17.7 Å². The highest BCUT2D eigenvalue weighted by Gasteiger charge is 2.22. The lowest BCUT2D eigenvalue weighted by Crippen LogP contribution is -2.16. The zero-order valence-corrected chi connectivity index (χ0v) is 17.9. The number of carbonyl (C=O) groups excluding carboxylic acids is 1. The molecule has 0 bridgehead atoms. The van der Waals surface area contributed by atoms with Gasteiger partial charge in [-0.1, -0.05) is 51.1 Å². The fraction of sp³-hybridized carbons (Fsp3) is 0.250. The van der Waals surface area contributed by atoms with E-state index in [1.807, 2.05) is 48.5 Å². The molecule has 0 saturated heterocycles. The molecule has 1 amide bonds. The van der Waals surface area contributed by atoms with Crippen LogP contribution in [0.5, 0.6) is 0 Å². The summed E-state index contributed by atoms with van der Waals surface area (Å²) >= 11 is 0. The maximum absolute atomic E-state index is 12.7. The summed E-state index contributed by atoms with van der Waals surface area (Å²) in [6.45, 7) is 6.20. The topological polar surface area (TPSA) is 85.8 Å². The molecule has 31 heavy (non-hydrogen) atoms. The van der Waals surface area contributed by atoms with Crippen LogP contribution in [-0.4, -0.2) is 25.7 Å². The molecular weight excluding hydrogens is 390 g/mol. The van der Waals surface area contributed by atoms with Crippen molar-refractivity contribution in [3.8, 4) is 17.3 Å². The van der Waals surface area contributed by atoms with Gasteiger partial charge in [0.1, 0.15) is 17.3 Å². The molecule has 0 saturated carbocycles. The first kappa shape index (κ1) is 20.5. The Morgan fingerprint density at radius 3 is 2.48 bits per heavy atom. The van der Waals surface area contributed by atoms with Gasteiger partial charge in [-0.15, -0.1) is 0 Å². The Hall–Kier alpha value is -3.74. The maximum Gasteiger partial charge on any atom is 0.252 e. The Morgan fingerprint density at radius 1 is 1.03 bits per heavy atom. The van der Waals surface area contributed by atoms with Crippen molar-refractivity contribution in [3.63, 3.8) is 0 Å². The fourth-order valence-corrected chi connectivity index (χ4v) is 3.10. The number of hydrogen-bond acceptors (Lipinski definition) is 5. The van der Waals surface area contributed by atoms with Crippen molar-refractivity contribution in [1.29, 1.82) is 0 Å². The van der Waals surface area contributed by atoms with E-state index in [1.54, 1.807) is 23.1 Å². The number of nitrogens with zero attached hydrogens (tertiary/aromatic N) is 4. The van der Waals surface area contributed by atoms with Gasteiger partial charge in [0, 0.05) is 42.3 Å². The van der Waals surface area contributed by atoms with Crippen LogP contribution < -0.4 is 5.32 Å². The molecule has 3 heterocycles. The third-order valence-corrected chi connectivity index (χ3v) is 4.81. The summed E-state index contributed by atoms with van der Waals surface area (Å²) in [5, 5.41) is 7.57. The van der Waals surface area contributed by atoms with Crippen LogP contribution >= 0.6 is 0 Å². The second-order valence-electron chi connectivity index (χ2n) is 8.31. The summed E-state index contributed by atoms with van der Waals surface area (Å²) < 4.78 is 7.46. The maximum atomic E-state index is 12.7. The van der Waals surface area contributed by atoms with Gasteiger partial charge in [-0.2, -0.15) is 9.78 Å². The van der Waals surface area contributed by atoms with E-state index in [1.165, 1.54) is 0 Å². The predicted molar refractivity (Wildman–Crippen MR) is 119 cm³/mol. The summed E-state index contributed by atoms with van der Waals surface area (Å²) in [5.74, 6) is 2.39. The number of aryl methyl sites for hydroxylation is 1. The highest BCUT2D eigenvalue weighted by atomic mass is 16.3. The summed E-state index contributed by atoms with van der Waals surface area (Å²) in [5.41, 5.74) is 1.68. The van der Waals surface area contributed by atoms with E-state index in [4.69, 9.17) is 4.42 Å². The van der Waals surface area contributed by atoms with Gasteiger partial charge >= 0.3 is 0 Å². The van der Waals surface area contributed by atoms with Crippen LogP contribution in [0.2, 0.25) is 0 Å². The van der Waals surface area contributed by atoms with Crippen LogP contribution in [0.3, 0.4) is 0 Å². The smallest absolute Gasteiger partial charge is 0.252 e. The van der Waals surface area contributed by atoms with E-state index in [0.29, 0.717) is 18.2 Å². The molecule has 0 fully saturated rings. The van der Waals surface area contributed by atoms with Gasteiger partial charge in [0.15, 0.2) is 0 Å². The molecule has 158 valence electrons. The molecule has 3 aromatic heterocycles. The molecule has 1 N–H and O–H groups in total. The molecule has 1 aromatic carbocycles. The Kier molecular flexibility index (Phi) is 5.66. The molecule has 0 aliphatic rings. The first-order chi connectivity index (χ1) is 14.9. The van der Waals surface area contributed by atoms with Crippen molar-refractivity contribution in [1.82, 2.24) is 19.7 Å². The zero-order chi connectivity index (χ0) is 21.8. The van der Waals surface area contributed by atoms with Gasteiger partial charge < -0.3 is 9.73 Å². The van der Waals surface area contributed by atoms with Gasteiger partial charge in [0.25, 0.3) is 5.95 Å². The van der Waals surface area contributed by atoms with Crippen LogP contribution in [0.4, 0.5) is 5.82 Å². The average molecular weight is 415 g/mol. The molecule has 0 unspecified atom stereocenters. The number of rotatable bonds is 6. The van der Waals surface area contributed by atoms with Crippen LogP contribution in [0.25, 0.3) is 17.3 Å². The Bertz CT molecular complexity index is 1160. The SMILES string of the molecule is CC(C)(C)c1cc(NC(=O)CCc2ccc(-c3ccccc3)o2)n(-c2ncccn2)n1. The average Bonchev–Trinajstić information content (AvgIpc) is 3.41. The van der Waals surface area contributed by atoms with Gasteiger partial charge in [-0.3, -0.25) is 4.79 Å². The van der Waals surface area contributed by atoms with E-state index in [2.05, 4.69) is 41.2 Å². The minimum Gasteiger partial charge on any atom is -0.461 e. The molecule has 0 atom stereocenters. The quantitative estimate of drug-likeness (QED) is 0.489. The minimum atomic E-state index is -0.179. The first-order valence-corrected chi connectivity index (χ1v) is 10.2. The van der Waals surface area contributed by atoms with Crippen LogP contribution in [-0.2, 0) is 16.6 Å². The van der Waals surface area contributed by atoms with Crippen LogP contribution in [0, 0.1) is 0 Å². The molecule has 0 aliphatic carbocycles. The third-order valence-electron chi connectivity index (χ3n) is 4.81. The number of anilines is 1. The monoisotopic (exact) mass is 415 g/mol.